The van der Waals surface area contributed by atoms with Gasteiger partial charge in [0.05, 0.1) is 43.2 Å². The fourth-order valence-electron chi connectivity index (χ4n) is 12.2. The number of aliphatic hydroxyl groups is 8. The van der Waals surface area contributed by atoms with Crippen LogP contribution in [0, 0.1) is 46.3 Å². The first-order valence-corrected chi connectivity index (χ1v) is 19.5. The Morgan fingerprint density at radius 2 is 1.53 bits per heavy atom. The zero-order valence-corrected chi connectivity index (χ0v) is 31.3. The molecule has 6 fully saturated rings. The first kappa shape index (κ1) is 40.2. The lowest BCUT2D eigenvalue weighted by atomic mass is 9.42. The van der Waals surface area contributed by atoms with E-state index in [4.69, 9.17) is 23.7 Å². The highest BCUT2D eigenvalue weighted by molar-refractivity contribution is 5.20. The standard InChI is InChI=1S/C38H66O13/c1-18(2)26(49-35-32(30(45)27(16-39)50-35)51-34-31(47-6)29(44)25(43)17-48-34)8-7-19(3)21-14-23(41)33-37(21,5)12-10-28-36(4)11-9-20(40)13-22(36)24(42)15-38(28,33)46/h18-35,39-46H,7-17H2,1-6H3/t19-,20+,21-,22?,23+,24+,25-,26+,27+,28?,29+,30+,31-,32-,33?,34+,35-,36+,37-,38+/m1/s1. The van der Waals surface area contributed by atoms with Crippen LogP contribution in [0.4, 0.5) is 0 Å². The van der Waals surface area contributed by atoms with Crippen LogP contribution in [0.5, 0.6) is 0 Å². The minimum atomic E-state index is -1.26. The van der Waals surface area contributed by atoms with Crippen LogP contribution >= 0.6 is 0 Å². The lowest BCUT2D eigenvalue weighted by Gasteiger charge is -2.66. The van der Waals surface area contributed by atoms with Crippen molar-refractivity contribution in [2.24, 2.45) is 46.3 Å². The van der Waals surface area contributed by atoms with Crippen LogP contribution in [0.3, 0.4) is 0 Å². The van der Waals surface area contributed by atoms with Crippen molar-refractivity contribution in [3.05, 3.63) is 0 Å². The second kappa shape index (κ2) is 15.2. The average molecular weight is 731 g/mol. The molecule has 6 rings (SSSR count). The Balaban J connectivity index is 1.13. The summed E-state index contributed by atoms with van der Waals surface area (Å²) in [5.41, 5.74) is -1.80. The van der Waals surface area contributed by atoms with E-state index in [1.807, 2.05) is 13.8 Å². The molecule has 13 nitrogen and oxygen atoms in total. The Morgan fingerprint density at radius 1 is 0.824 bits per heavy atom. The Bertz CT molecular complexity index is 1180. The van der Waals surface area contributed by atoms with Gasteiger partial charge in [0.1, 0.15) is 36.6 Å². The van der Waals surface area contributed by atoms with Gasteiger partial charge in [-0.1, -0.05) is 34.6 Å². The van der Waals surface area contributed by atoms with E-state index in [2.05, 4.69) is 20.8 Å². The molecule has 13 heteroatoms. The van der Waals surface area contributed by atoms with Crippen molar-refractivity contribution >= 4 is 0 Å². The Morgan fingerprint density at radius 3 is 2.20 bits per heavy atom. The van der Waals surface area contributed by atoms with Gasteiger partial charge in [-0.3, -0.25) is 0 Å². The maximum Gasteiger partial charge on any atom is 0.187 e. The lowest BCUT2D eigenvalue weighted by Crippen LogP contribution is -2.68. The molecule has 0 aromatic heterocycles. The van der Waals surface area contributed by atoms with Crippen molar-refractivity contribution in [3.8, 4) is 0 Å². The highest BCUT2D eigenvalue weighted by atomic mass is 16.8. The van der Waals surface area contributed by atoms with E-state index in [1.165, 1.54) is 7.11 Å². The van der Waals surface area contributed by atoms with Crippen LogP contribution in [0.15, 0.2) is 0 Å². The van der Waals surface area contributed by atoms with E-state index in [9.17, 15) is 40.9 Å². The first-order chi connectivity index (χ1) is 24.0. The summed E-state index contributed by atoms with van der Waals surface area (Å²) in [5.74, 6) is -0.0804. The summed E-state index contributed by atoms with van der Waals surface area (Å²) in [4.78, 5) is 0. The molecule has 4 aliphatic carbocycles. The average Bonchev–Trinajstić information content (AvgIpc) is 3.53. The molecule has 296 valence electrons. The molecule has 8 N–H and O–H groups in total. The second-order valence-electron chi connectivity index (χ2n) is 18.0. The van der Waals surface area contributed by atoms with E-state index < -0.39 is 79.7 Å². The largest absolute Gasteiger partial charge is 0.394 e. The Labute approximate surface area is 302 Å². The summed E-state index contributed by atoms with van der Waals surface area (Å²) < 4.78 is 29.5. The van der Waals surface area contributed by atoms with Gasteiger partial charge in [-0.2, -0.15) is 0 Å². The van der Waals surface area contributed by atoms with Crippen LogP contribution in [-0.4, -0.2) is 140 Å². The van der Waals surface area contributed by atoms with Gasteiger partial charge in [-0.25, -0.2) is 0 Å². The molecule has 0 aromatic carbocycles. The molecule has 0 bridgehead atoms. The fourth-order valence-corrected chi connectivity index (χ4v) is 12.2. The number of hydrogen-bond acceptors (Lipinski definition) is 13. The molecule has 0 radical (unpaired) electrons. The topological polar surface area (TPSA) is 208 Å². The summed E-state index contributed by atoms with van der Waals surface area (Å²) in [7, 11) is 1.36. The van der Waals surface area contributed by atoms with E-state index in [0.29, 0.717) is 25.7 Å². The number of fused-ring (bicyclic) bond motifs is 5. The SMILES string of the molecule is CO[C@H]1[C@H](O[C@H]2[C@H](O[C@@H](CC[C@@H](C)[C@H]3C[C@H](O)C4[C@]5(O)C[C@H](O)C6C[C@@H](O)CC[C@]6(C)C5CC[C@@]43C)C(C)C)O[C@@H](CO)[C@@H]2O)OC[C@@H](O)[C@@H]1O. The van der Waals surface area contributed by atoms with Gasteiger partial charge in [-0.15, -0.1) is 0 Å². The molecule has 3 unspecified atom stereocenters. The van der Waals surface area contributed by atoms with Gasteiger partial charge < -0.3 is 64.5 Å². The van der Waals surface area contributed by atoms with E-state index in [1.54, 1.807) is 0 Å². The lowest BCUT2D eigenvalue weighted by molar-refractivity contribution is -0.311. The van der Waals surface area contributed by atoms with Gasteiger partial charge in [-0.05, 0) is 91.8 Å². The summed E-state index contributed by atoms with van der Waals surface area (Å²) in [6, 6.07) is 0. The van der Waals surface area contributed by atoms with Crippen LogP contribution in [0.1, 0.15) is 92.4 Å². The minimum Gasteiger partial charge on any atom is -0.394 e. The third-order valence-corrected chi connectivity index (χ3v) is 14.9. The van der Waals surface area contributed by atoms with Crippen LogP contribution in [0.2, 0.25) is 0 Å². The normalized spacial score (nSPS) is 52.6. The summed E-state index contributed by atoms with van der Waals surface area (Å²) in [5, 5.41) is 87.7. The number of hydrogen-bond donors (Lipinski definition) is 8. The summed E-state index contributed by atoms with van der Waals surface area (Å²) in [6.07, 6.45) is -5.08. The zero-order chi connectivity index (χ0) is 37.2. The molecule has 0 amide bonds. The molecule has 4 saturated carbocycles. The highest BCUT2D eigenvalue weighted by Crippen LogP contribution is 2.69. The Hall–Kier alpha value is -0.520. The molecule has 6 aliphatic rings. The van der Waals surface area contributed by atoms with E-state index in [0.717, 1.165) is 25.7 Å². The van der Waals surface area contributed by atoms with Crippen molar-refractivity contribution in [3.63, 3.8) is 0 Å². The minimum absolute atomic E-state index is 0.0439. The fraction of sp³-hybridized carbons (Fsp3) is 1.00. The van der Waals surface area contributed by atoms with Crippen molar-refractivity contribution < 1.29 is 64.5 Å². The van der Waals surface area contributed by atoms with Crippen LogP contribution in [-0.2, 0) is 23.7 Å². The molecule has 2 saturated heterocycles. The highest BCUT2D eigenvalue weighted by Gasteiger charge is 2.70. The zero-order valence-electron chi connectivity index (χ0n) is 31.3. The van der Waals surface area contributed by atoms with Crippen LogP contribution in [0.25, 0.3) is 0 Å². The van der Waals surface area contributed by atoms with Crippen molar-refractivity contribution in [1.82, 2.24) is 0 Å². The first-order valence-electron chi connectivity index (χ1n) is 19.5. The maximum atomic E-state index is 12.6. The Kier molecular flexibility index (Phi) is 12.0. The summed E-state index contributed by atoms with van der Waals surface area (Å²) >= 11 is 0. The van der Waals surface area contributed by atoms with Gasteiger partial charge in [0, 0.05) is 19.4 Å². The van der Waals surface area contributed by atoms with Gasteiger partial charge >= 0.3 is 0 Å². The number of methoxy groups -OCH3 is 1. The van der Waals surface area contributed by atoms with Crippen molar-refractivity contribution in [2.75, 3.05) is 20.3 Å². The van der Waals surface area contributed by atoms with Gasteiger partial charge in [0.25, 0.3) is 0 Å². The molecule has 51 heavy (non-hydrogen) atoms. The molecule has 2 aliphatic heterocycles. The predicted molar refractivity (Wildman–Crippen MR) is 183 cm³/mol. The quantitative estimate of drug-likeness (QED) is 0.150. The molecule has 20 atom stereocenters. The summed E-state index contributed by atoms with van der Waals surface area (Å²) in [6.45, 7) is 10.1. The third-order valence-electron chi connectivity index (χ3n) is 14.9. The molecular weight excluding hydrogens is 664 g/mol. The maximum absolute atomic E-state index is 12.6. The molecular formula is C38H66O13. The van der Waals surface area contributed by atoms with Crippen molar-refractivity contribution in [1.29, 1.82) is 0 Å². The second-order valence-corrected chi connectivity index (χ2v) is 18.0. The number of aliphatic hydroxyl groups excluding tert-OH is 7. The number of rotatable bonds is 11. The van der Waals surface area contributed by atoms with Crippen molar-refractivity contribution in [2.45, 2.75) is 172 Å². The number of ether oxygens (including phenoxy) is 5. The third kappa shape index (κ3) is 6.97. The molecule has 0 aromatic rings. The molecule has 0 spiro atoms. The van der Waals surface area contributed by atoms with Crippen LogP contribution < -0.4 is 0 Å². The predicted octanol–water partition coefficient (Wildman–Crippen LogP) is 1.08. The van der Waals surface area contributed by atoms with E-state index >= 15 is 0 Å². The van der Waals surface area contributed by atoms with E-state index in [-0.39, 0.29) is 65.5 Å². The van der Waals surface area contributed by atoms with Gasteiger partial charge in [0.15, 0.2) is 12.6 Å². The smallest absolute Gasteiger partial charge is 0.187 e. The monoisotopic (exact) mass is 730 g/mol. The van der Waals surface area contributed by atoms with Gasteiger partial charge in [0.2, 0.25) is 0 Å². The molecule has 2 heterocycles.